The van der Waals surface area contributed by atoms with Crippen LogP contribution in [0.4, 0.5) is 0 Å². The van der Waals surface area contributed by atoms with E-state index >= 15 is 0 Å². The highest BCUT2D eigenvalue weighted by Crippen LogP contribution is 2.43. The molecule has 1 atom stereocenters. The molecule has 1 fully saturated rings. The van der Waals surface area contributed by atoms with E-state index in [0.29, 0.717) is 12.0 Å². The summed E-state index contributed by atoms with van der Waals surface area (Å²) < 4.78 is 0. The third kappa shape index (κ3) is 5.48. The highest BCUT2D eigenvalue weighted by atomic mass is 16.7. The second-order valence-corrected chi connectivity index (χ2v) is 8.22. The van der Waals surface area contributed by atoms with Gasteiger partial charge in [0.2, 0.25) is 0 Å². The molecule has 0 bridgehead atoms. The zero-order chi connectivity index (χ0) is 16.8. The van der Waals surface area contributed by atoms with E-state index in [2.05, 4.69) is 39.7 Å². The molecule has 0 aromatic carbocycles. The molecule has 4 N–H and O–H groups in total. The molecule has 1 aliphatic heterocycles. The molecule has 0 radical (unpaired) electrons. The largest absolute Gasteiger partial charge is 0.330 e. The molecular formula is C18H39N3O. The van der Waals surface area contributed by atoms with E-state index in [1.807, 2.05) is 0 Å². The van der Waals surface area contributed by atoms with Gasteiger partial charge in [-0.2, -0.15) is 5.06 Å². The molecule has 0 saturated carbocycles. The monoisotopic (exact) mass is 313 g/mol. The minimum absolute atomic E-state index is 0.0382. The summed E-state index contributed by atoms with van der Waals surface area (Å²) in [6, 6.07) is 0.296. The Morgan fingerprint density at radius 1 is 1.09 bits per heavy atom. The van der Waals surface area contributed by atoms with Gasteiger partial charge in [-0.15, -0.1) is 0 Å². The Hall–Kier alpha value is -0.160. The van der Waals surface area contributed by atoms with Crippen LogP contribution in [-0.4, -0.2) is 35.3 Å². The van der Waals surface area contributed by atoms with Gasteiger partial charge in [0.1, 0.15) is 0 Å². The highest BCUT2D eigenvalue weighted by Gasteiger charge is 2.47. The molecule has 4 heteroatoms. The first kappa shape index (κ1) is 19.9. The van der Waals surface area contributed by atoms with E-state index in [1.54, 1.807) is 0 Å². The molecule has 0 aromatic rings. The lowest BCUT2D eigenvalue weighted by Crippen LogP contribution is -2.62. The molecule has 4 nitrogen and oxygen atoms in total. The summed E-state index contributed by atoms with van der Waals surface area (Å²) in [5, 5.41) is 2.24. The molecule has 1 heterocycles. The number of nitrogens with two attached hydrogens (primary N) is 2. The maximum atomic E-state index is 6.53. The summed E-state index contributed by atoms with van der Waals surface area (Å²) in [5.41, 5.74) is 12.2. The Bertz CT molecular complexity index is 299. The number of hydroxylamine groups is 2. The first-order valence-electron chi connectivity index (χ1n) is 9.13. The standard InChI is InChI=1S/C18H39N3O/c1-6-12-22-21-17(2,3)13-15(14-18(21,4)5)16(20)10-8-7-9-11-19/h15-16H,6-14,19-20H2,1-5H3. The predicted octanol–water partition coefficient (Wildman–Crippen LogP) is 3.44. The van der Waals surface area contributed by atoms with Crippen molar-refractivity contribution in [3.8, 4) is 0 Å². The number of hydrogen-bond donors (Lipinski definition) is 2. The van der Waals surface area contributed by atoms with Crippen LogP contribution >= 0.6 is 0 Å². The summed E-state index contributed by atoms with van der Waals surface area (Å²) in [4.78, 5) is 6.08. The molecule has 1 unspecified atom stereocenters. The van der Waals surface area contributed by atoms with Crippen molar-refractivity contribution in [3.05, 3.63) is 0 Å². The van der Waals surface area contributed by atoms with E-state index in [-0.39, 0.29) is 11.1 Å². The third-order valence-corrected chi connectivity index (χ3v) is 4.89. The second kappa shape index (κ2) is 8.62. The summed E-state index contributed by atoms with van der Waals surface area (Å²) in [6.45, 7) is 12.9. The van der Waals surface area contributed by atoms with Gasteiger partial charge in [-0.3, -0.25) is 4.84 Å². The van der Waals surface area contributed by atoms with Gasteiger partial charge in [-0.25, -0.2) is 0 Å². The Morgan fingerprint density at radius 3 is 2.18 bits per heavy atom. The quantitative estimate of drug-likeness (QED) is 0.640. The first-order chi connectivity index (χ1) is 10.2. The van der Waals surface area contributed by atoms with E-state index in [9.17, 15) is 0 Å². The van der Waals surface area contributed by atoms with Gasteiger partial charge < -0.3 is 11.5 Å². The fourth-order valence-corrected chi connectivity index (χ4v) is 4.11. The van der Waals surface area contributed by atoms with Gasteiger partial charge in [0.05, 0.1) is 6.61 Å². The number of piperidine rings is 1. The molecular weight excluding hydrogens is 274 g/mol. The maximum absolute atomic E-state index is 6.53. The van der Waals surface area contributed by atoms with Crippen LogP contribution in [0, 0.1) is 5.92 Å². The zero-order valence-corrected chi connectivity index (χ0v) is 15.5. The van der Waals surface area contributed by atoms with Crippen LogP contribution in [0.3, 0.4) is 0 Å². The summed E-state index contributed by atoms with van der Waals surface area (Å²) >= 11 is 0. The zero-order valence-electron chi connectivity index (χ0n) is 15.5. The predicted molar refractivity (Wildman–Crippen MR) is 94.5 cm³/mol. The third-order valence-electron chi connectivity index (χ3n) is 4.89. The first-order valence-corrected chi connectivity index (χ1v) is 9.13. The molecule has 1 saturated heterocycles. The Balaban J connectivity index is 2.63. The van der Waals surface area contributed by atoms with Crippen LogP contribution in [0.2, 0.25) is 0 Å². The smallest absolute Gasteiger partial charge is 0.0683 e. The molecule has 1 rings (SSSR count). The van der Waals surface area contributed by atoms with E-state index < -0.39 is 0 Å². The van der Waals surface area contributed by atoms with Crippen LogP contribution in [0.1, 0.15) is 79.6 Å². The normalized spacial score (nSPS) is 23.6. The lowest BCUT2D eigenvalue weighted by molar-refractivity contribution is -0.288. The lowest BCUT2D eigenvalue weighted by Gasteiger charge is -2.54. The van der Waals surface area contributed by atoms with Crippen molar-refractivity contribution >= 4 is 0 Å². The fourth-order valence-electron chi connectivity index (χ4n) is 4.11. The van der Waals surface area contributed by atoms with Crippen LogP contribution in [0.15, 0.2) is 0 Å². The topological polar surface area (TPSA) is 64.5 Å². The molecule has 0 aromatic heterocycles. The van der Waals surface area contributed by atoms with Gasteiger partial charge in [-0.1, -0.05) is 19.8 Å². The molecule has 132 valence electrons. The van der Waals surface area contributed by atoms with Gasteiger partial charge in [0.25, 0.3) is 0 Å². The van der Waals surface area contributed by atoms with Crippen molar-refractivity contribution < 1.29 is 4.84 Å². The van der Waals surface area contributed by atoms with Crippen LogP contribution in [0.5, 0.6) is 0 Å². The Morgan fingerprint density at radius 2 is 1.68 bits per heavy atom. The maximum Gasteiger partial charge on any atom is 0.0683 e. The van der Waals surface area contributed by atoms with E-state index in [4.69, 9.17) is 16.3 Å². The molecule has 22 heavy (non-hydrogen) atoms. The Labute approximate surface area is 137 Å². The van der Waals surface area contributed by atoms with Crippen LogP contribution < -0.4 is 11.5 Å². The average Bonchev–Trinajstić information content (AvgIpc) is 2.41. The summed E-state index contributed by atoms with van der Waals surface area (Å²) in [5.74, 6) is 0.573. The fraction of sp³-hybridized carbons (Fsp3) is 1.00. The SMILES string of the molecule is CCCON1C(C)(C)CC(C(N)CCCCCN)CC1(C)C. The molecule has 1 aliphatic rings. The Kier molecular flexibility index (Phi) is 7.80. The van der Waals surface area contributed by atoms with Crippen molar-refractivity contribution in [3.63, 3.8) is 0 Å². The van der Waals surface area contributed by atoms with Crippen molar-refractivity contribution in [1.29, 1.82) is 0 Å². The highest BCUT2D eigenvalue weighted by molar-refractivity contribution is 4.99. The van der Waals surface area contributed by atoms with E-state index in [0.717, 1.165) is 45.3 Å². The van der Waals surface area contributed by atoms with Crippen molar-refractivity contribution in [2.75, 3.05) is 13.2 Å². The number of nitrogens with zero attached hydrogens (tertiary/aromatic N) is 1. The second-order valence-electron chi connectivity index (χ2n) is 8.22. The number of rotatable bonds is 9. The number of hydrogen-bond acceptors (Lipinski definition) is 4. The molecule has 0 spiro atoms. The lowest BCUT2D eigenvalue weighted by atomic mass is 9.72. The van der Waals surface area contributed by atoms with Crippen molar-refractivity contribution in [1.82, 2.24) is 5.06 Å². The van der Waals surface area contributed by atoms with Gasteiger partial charge in [-0.05, 0) is 72.3 Å². The van der Waals surface area contributed by atoms with E-state index in [1.165, 1.54) is 12.8 Å². The van der Waals surface area contributed by atoms with Crippen LogP contribution in [-0.2, 0) is 4.84 Å². The van der Waals surface area contributed by atoms with Gasteiger partial charge in [0, 0.05) is 17.1 Å². The number of unbranched alkanes of at least 4 members (excludes halogenated alkanes) is 2. The minimum Gasteiger partial charge on any atom is -0.330 e. The summed E-state index contributed by atoms with van der Waals surface area (Å²) in [7, 11) is 0. The van der Waals surface area contributed by atoms with Gasteiger partial charge >= 0.3 is 0 Å². The van der Waals surface area contributed by atoms with Crippen molar-refractivity contribution in [2.24, 2.45) is 17.4 Å². The van der Waals surface area contributed by atoms with Gasteiger partial charge in [0.15, 0.2) is 0 Å². The molecule has 0 aliphatic carbocycles. The van der Waals surface area contributed by atoms with Crippen LogP contribution in [0.25, 0.3) is 0 Å². The van der Waals surface area contributed by atoms with Crippen molar-refractivity contribution in [2.45, 2.75) is 96.7 Å². The average molecular weight is 314 g/mol. The summed E-state index contributed by atoms with van der Waals surface area (Å²) in [6.07, 6.45) is 7.91. The minimum atomic E-state index is 0.0382. The molecule has 0 amide bonds.